The second-order valence-electron chi connectivity index (χ2n) is 5.64. The summed E-state index contributed by atoms with van der Waals surface area (Å²) in [5.74, 6) is -1.38. The van der Waals surface area contributed by atoms with Gasteiger partial charge in [0.2, 0.25) is 0 Å². The molecule has 0 spiro atoms. The molecular weight excluding hydrogens is 384 g/mol. The first-order valence-electron chi connectivity index (χ1n) is 8.00. The molecule has 29 heavy (non-hydrogen) atoms. The van der Waals surface area contributed by atoms with Gasteiger partial charge in [-0.15, -0.1) is 0 Å². The molecule has 12 nitrogen and oxygen atoms in total. The Morgan fingerprint density at radius 2 is 1.24 bits per heavy atom. The van der Waals surface area contributed by atoms with Crippen LogP contribution in [0.5, 0.6) is 0 Å². The molecule has 2 amide bonds. The Balaban J connectivity index is 1.72. The van der Waals surface area contributed by atoms with Crippen molar-refractivity contribution in [2.24, 2.45) is 0 Å². The van der Waals surface area contributed by atoms with Gasteiger partial charge < -0.3 is 15.6 Å². The molecule has 0 atom stereocenters. The monoisotopic (exact) mass is 396 g/mol. The van der Waals surface area contributed by atoms with E-state index in [1.807, 2.05) is 0 Å². The molecule has 0 fully saturated rings. The van der Waals surface area contributed by atoms with Crippen LogP contribution in [0.4, 0.5) is 22.7 Å². The maximum Gasteiger partial charge on any atom is 0.276 e. The number of nitro groups is 2. The van der Waals surface area contributed by atoms with E-state index in [9.17, 15) is 29.8 Å². The largest absolute Gasteiger partial charge is 0.340 e. The highest BCUT2D eigenvalue weighted by atomic mass is 16.6. The van der Waals surface area contributed by atoms with Crippen LogP contribution in [0.25, 0.3) is 0 Å². The maximum atomic E-state index is 12.4. The first kappa shape index (κ1) is 19.2. The number of carbonyl (C=O) groups excluding carboxylic acids is 2. The molecule has 12 heteroatoms. The predicted octanol–water partition coefficient (Wildman–Crippen LogP) is 2.73. The summed E-state index contributed by atoms with van der Waals surface area (Å²) in [6.07, 6.45) is 1.16. The number of non-ortho nitro benzene ring substituents is 2. The van der Waals surface area contributed by atoms with Crippen molar-refractivity contribution < 1.29 is 19.4 Å². The van der Waals surface area contributed by atoms with Crippen molar-refractivity contribution in [3.8, 4) is 0 Å². The Hall–Kier alpha value is -4.61. The third-order valence-electron chi connectivity index (χ3n) is 3.75. The van der Waals surface area contributed by atoms with Crippen molar-refractivity contribution in [3.05, 3.63) is 86.5 Å². The lowest BCUT2D eigenvalue weighted by atomic mass is 10.2. The molecule has 3 aromatic rings. The van der Waals surface area contributed by atoms with Gasteiger partial charge in [-0.1, -0.05) is 0 Å². The summed E-state index contributed by atoms with van der Waals surface area (Å²) in [5, 5.41) is 26.3. The van der Waals surface area contributed by atoms with E-state index < -0.39 is 21.7 Å². The van der Waals surface area contributed by atoms with Crippen molar-refractivity contribution in [1.82, 2.24) is 9.97 Å². The van der Waals surface area contributed by atoms with Crippen molar-refractivity contribution in [2.45, 2.75) is 0 Å². The minimum absolute atomic E-state index is 0.122. The first-order chi connectivity index (χ1) is 13.8. The highest BCUT2D eigenvalue weighted by Crippen LogP contribution is 2.18. The van der Waals surface area contributed by atoms with Gasteiger partial charge >= 0.3 is 0 Å². The van der Waals surface area contributed by atoms with Crippen LogP contribution in [-0.2, 0) is 0 Å². The molecule has 0 unspecified atom stereocenters. The number of hydrogen-bond donors (Lipinski definition) is 3. The topological polar surface area (TPSA) is 173 Å². The Morgan fingerprint density at radius 1 is 0.793 bits per heavy atom. The van der Waals surface area contributed by atoms with Gasteiger partial charge in [0.25, 0.3) is 23.2 Å². The van der Waals surface area contributed by atoms with Crippen LogP contribution in [0.15, 0.2) is 54.9 Å². The van der Waals surface area contributed by atoms with Crippen LogP contribution in [0.1, 0.15) is 21.0 Å². The maximum absolute atomic E-state index is 12.4. The molecule has 146 valence electrons. The van der Waals surface area contributed by atoms with E-state index in [1.54, 1.807) is 0 Å². The molecule has 0 saturated heterocycles. The molecule has 0 bridgehead atoms. The zero-order valence-electron chi connectivity index (χ0n) is 14.5. The lowest BCUT2D eigenvalue weighted by molar-refractivity contribution is -0.385. The summed E-state index contributed by atoms with van der Waals surface area (Å²) in [6.45, 7) is 0. The molecule has 0 aliphatic heterocycles. The molecule has 0 aliphatic carbocycles. The number of nitro benzene ring substituents is 2. The Labute approximate surface area is 161 Å². The molecule has 3 N–H and O–H groups in total. The molecule has 0 saturated carbocycles. The van der Waals surface area contributed by atoms with Crippen LogP contribution in [-0.4, -0.2) is 31.6 Å². The molecule has 1 aromatic heterocycles. The van der Waals surface area contributed by atoms with E-state index in [2.05, 4.69) is 20.6 Å². The van der Waals surface area contributed by atoms with Crippen LogP contribution in [0.2, 0.25) is 0 Å². The van der Waals surface area contributed by atoms with E-state index in [1.165, 1.54) is 48.5 Å². The number of aromatic nitrogens is 2. The van der Waals surface area contributed by atoms with Crippen LogP contribution in [0, 0.1) is 20.2 Å². The number of benzene rings is 2. The molecule has 2 aromatic carbocycles. The average molecular weight is 396 g/mol. The van der Waals surface area contributed by atoms with Gasteiger partial charge in [0.15, 0.2) is 5.69 Å². The molecular formula is C17H12N6O6. The van der Waals surface area contributed by atoms with Gasteiger partial charge in [0.05, 0.1) is 16.2 Å². The summed E-state index contributed by atoms with van der Waals surface area (Å²) in [7, 11) is 0. The van der Waals surface area contributed by atoms with Crippen LogP contribution >= 0.6 is 0 Å². The fourth-order valence-corrected chi connectivity index (χ4v) is 2.36. The Bertz CT molecular complexity index is 1000. The van der Waals surface area contributed by atoms with E-state index in [0.29, 0.717) is 0 Å². The van der Waals surface area contributed by atoms with Gasteiger partial charge in [-0.2, -0.15) is 0 Å². The number of carbonyl (C=O) groups is 2. The second kappa shape index (κ2) is 7.96. The lowest BCUT2D eigenvalue weighted by Crippen LogP contribution is -2.20. The fourth-order valence-electron chi connectivity index (χ4n) is 2.36. The summed E-state index contributed by atoms with van der Waals surface area (Å²) in [4.78, 5) is 51.4. The molecule has 0 aliphatic rings. The van der Waals surface area contributed by atoms with Gasteiger partial charge in [0.1, 0.15) is 5.69 Å². The highest BCUT2D eigenvalue weighted by molar-refractivity contribution is 6.13. The Kier molecular flexibility index (Phi) is 5.26. The quantitative estimate of drug-likeness (QED) is 0.424. The zero-order chi connectivity index (χ0) is 21.0. The van der Waals surface area contributed by atoms with Gasteiger partial charge in [-0.25, -0.2) is 4.98 Å². The second-order valence-corrected chi connectivity index (χ2v) is 5.64. The Morgan fingerprint density at radius 3 is 1.69 bits per heavy atom. The minimum Gasteiger partial charge on any atom is -0.340 e. The number of H-pyrrole nitrogens is 1. The summed E-state index contributed by atoms with van der Waals surface area (Å²) in [5.41, 5.74) is -0.00794. The third kappa shape index (κ3) is 4.39. The summed E-state index contributed by atoms with van der Waals surface area (Å²) in [6, 6.07) is 10.3. The van der Waals surface area contributed by atoms with Gasteiger partial charge in [-0.3, -0.25) is 29.8 Å². The first-order valence-corrected chi connectivity index (χ1v) is 8.00. The SMILES string of the molecule is O=C(Nc1ccc([N+](=O)[O-])cc1)c1nc[nH]c1C(=O)Nc1ccc([N+](=O)[O-])cc1. The zero-order valence-corrected chi connectivity index (χ0v) is 14.5. The van der Waals surface area contributed by atoms with Gasteiger partial charge in [0, 0.05) is 35.6 Å². The molecule has 1 heterocycles. The van der Waals surface area contributed by atoms with E-state index in [4.69, 9.17) is 0 Å². The lowest BCUT2D eigenvalue weighted by Gasteiger charge is -2.06. The number of rotatable bonds is 6. The summed E-state index contributed by atoms with van der Waals surface area (Å²) < 4.78 is 0. The number of nitrogens with one attached hydrogen (secondary N) is 3. The molecule has 0 radical (unpaired) electrons. The van der Waals surface area contributed by atoms with E-state index >= 15 is 0 Å². The van der Waals surface area contributed by atoms with Crippen molar-refractivity contribution >= 4 is 34.6 Å². The van der Waals surface area contributed by atoms with E-state index in [0.717, 1.165) is 6.33 Å². The highest BCUT2D eigenvalue weighted by Gasteiger charge is 2.21. The van der Waals surface area contributed by atoms with Crippen molar-refractivity contribution in [1.29, 1.82) is 0 Å². The van der Waals surface area contributed by atoms with Crippen LogP contribution in [0.3, 0.4) is 0 Å². The predicted molar refractivity (Wildman–Crippen MR) is 101 cm³/mol. The fraction of sp³-hybridized carbons (Fsp3) is 0. The molecule has 3 rings (SSSR count). The van der Waals surface area contributed by atoms with Crippen molar-refractivity contribution in [2.75, 3.05) is 10.6 Å². The minimum atomic E-state index is -0.700. The number of amides is 2. The summed E-state index contributed by atoms with van der Waals surface area (Å²) >= 11 is 0. The number of nitrogens with zero attached hydrogens (tertiary/aromatic N) is 3. The normalized spacial score (nSPS) is 10.2. The number of hydrogen-bond acceptors (Lipinski definition) is 7. The average Bonchev–Trinajstić information content (AvgIpc) is 3.19. The smallest absolute Gasteiger partial charge is 0.276 e. The van der Waals surface area contributed by atoms with E-state index in [-0.39, 0.29) is 34.1 Å². The number of imidazole rings is 1. The van der Waals surface area contributed by atoms with Gasteiger partial charge in [-0.05, 0) is 24.3 Å². The third-order valence-corrected chi connectivity index (χ3v) is 3.75. The van der Waals surface area contributed by atoms with Crippen LogP contribution < -0.4 is 10.6 Å². The number of aromatic amines is 1. The standard InChI is InChI=1S/C17H12N6O6/c24-16(20-10-1-5-12(6-2-10)22(26)27)14-15(19-9-18-14)17(25)21-11-3-7-13(8-4-11)23(28)29/h1-9H,(H,18,19)(H,20,24)(H,21,25). The number of anilines is 2. The van der Waals surface area contributed by atoms with Crippen molar-refractivity contribution in [3.63, 3.8) is 0 Å².